The third-order valence-electron chi connectivity index (χ3n) is 3.17. The number of nitrogens with one attached hydrogen (secondary N) is 1. The van der Waals surface area contributed by atoms with Gasteiger partial charge in [-0.2, -0.15) is 0 Å². The lowest BCUT2D eigenvalue weighted by Crippen LogP contribution is -2.35. The number of nitrogens with zero attached hydrogens (tertiary/aromatic N) is 1. The van der Waals surface area contributed by atoms with Crippen LogP contribution in [0.15, 0.2) is 24.5 Å². The number of aromatic nitrogens is 1. The first kappa shape index (κ1) is 12.2. The number of likely N-dealkylation sites (N-methyl/N-ethyl adjacent to an activating group) is 1. The zero-order valence-electron chi connectivity index (χ0n) is 10.0. The van der Waals surface area contributed by atoms with Crippen molar-refractivity contribution in [3.8, 4) is 0 Å². The Balaban J connectivity index is 2.61. The molecule has 84 valence electrons. The average molecular weight is 206 g/mol. The quantitative estimate of drug-likeness (QED) is 0.774. The zero-order valence-corrected chi connectivity index (χ0v) is 10.0. The Morgan fingerprint density at radius 2 is 2.07 bits per heavy atom. The lowest BCUT2D eigenvalue weighted by atomic mass is 9.90. The van der Waals surface area contributed by atoms with Crippen molar-refractivity contribution in [1.29, 1.82) is 0 Å². The van der Waals surface area contributed by atoms with Crippen molar-refractivity contribution in [1.82, 2.24) is 10.3 Å². The molecule has 1 heterocycles. The van der Waals surface area contributed by atoms with E-state index in [1.807, 2.05) is 18.5 Å². The molecule has 1 atom stereocenters. The monoisotopic (exact) mass is 206 g/mol. The molecule has 0 saturated heterocycles. The van der Waals surface area contributed by atoms with E-state index >= 15 is 0 Å². The van der Waals surface area contributed by atoms with Gasteiger partial charge in [0.05, 0.1) is 0 Å². The highest BCUT2D eigenvalue weighted by molar-refractivity contribution is 5.10. The van der Waals surface area contributed by atoms with Gasteiger partial charge in [-0.3, -0.25) is 4.98 Å². The molecule has 0 aromatic carbocycles. The van der Waals surface area contributed by atoms with Crippen LogP contribution < -0.4 is 5.32 Å². The molecule has 0 saturated carbocycles. The summed E-state index contributed by atoms with van der Waals surface area (Å²) in [6.45, 7) is 4.53. The normalized spacial score (nSPS) is 13.1. The second-order valence-electron chi connectivity index (χ2n) is 4.04. The van der Waals surface area contributed by atoms with E-state index < -0.39 is 0 Å². The maximum absolute atomic E-state index is 4.16. The highest BCUT2D eigenvalue weighted by Crippen LogP contribution is 2.16. The minimum atomic E-state index is 0.573. The predicted molar refractivity (Wildman–Crippen MR) is 64.9 cm³/mol. The fraction of sp³-hybridized carbons (Fsp3) is 0.615. The van der Waals surface area contributed by atoms with Crippen molar-refractivity contribution in [2.24, 2.45) is 5.92 Å². The molecular weight excluding hydrogens is 184 g/mol. The summed E-state index contributed by atoms with van der Waals surface area (Å²) in [6.07, 6.45) is 7.35. The Kier molecular flexibility index (Phi) is 5.33. The molecule has 1 aromatic heterocycles. The standard InChI is InChI=1S/C13H22N2/c1-4-12(5-2)13(14-3)9-11-7-6-8-15-10-11/h6-8,10,12-14H,4-5,9H2,1-3H3. The van der Waals surface area contributed by atoms with Crippen LogP contribution in [0.4, 0.5) is 0 Å². The van der Waals surface area contributed by atoms with Crippen LogP contribution >= 0.6 is 0 Å². The molecule has 0 aliphatic rings. The first-order valence-corrected chi connectivity index (χ1v) is 5.87. The maximum atomic E-state index is 4.16. The maximum Gasteiger partial charge on any atom is 0.0300 e. The number of rotatable bonds is 6. The van der Waals surface area contributed by atoms with Crippen LogP contribution in [0.2, 0.25) is 0 Å². The summed E-state index contributed by atoms with van der Waals surface area (Å²) < 4.78 is 0. The molecule has 0 radical (unpaired) electrons. The minimum Gasteiger partial charge on any atom is -0.316 e. The van der Waals surface area contributed by atoms with E-state index in [1.165, 1.54) is 18.4 Å². The molecule has 1 rings (SSSR count). The summed E-state index contributed by atoms with van der Waals surface area (Å²) >= 11 is 0. The molecule has 0 amide bonds. The molecule has 0 spiro atoms. The van der Waals surface area contributed by atoms with Crippen LogP contribution in [0.5, 0.6) is 0 Å². The molecule has 15 heavy (non-hydrogen) atoms. The van der Waals surface area contributed by atoms with E-state index in [1.54, 1.807) is 0 Å². The van der Waals surface area contributed by atoms with Crippen molar-refractivity contribution < 1.29 is 0 Å². The van der Waals surface area contributed by atoms with Gasteiger partial charge in [0.25, 0.3) is 0 Å². The van der Waals surface area contributed by atoms with Gasteiger partial charge in [0.2, 0.25) is 0 Å². The fourth-order valence-corrected chi connectivity index (χ4v) is 2.13. The van der Waals surface area contributed by atoms with E-state index in [-0.39, 0.29) is 0 Å². The second-order valence-corrected chi connectivity index (χ2v) is 4.04. The zero-order chi connectivity index (χ0) is 11.1. The Morgan fingerprint density at radius 3 is 2.53 bits per heavy atom. The summed E-state index contributed by atoms with van der Waals surface area (Å²) in [5.41, 5.74) is 1.32. The number of pyridine rings is 1. The van der Waals surface area contributed by atoms with Gasteiger partial charge in [-0.1, -0.05) is 32.8 Å². The van der Waals surface area contributed by atoms with E-state index in [4.69, 9.17) is 0 Å². The van der Waals surface area contributed by atoms with E-state index in [2.05, 4.69) is 37.3 Å². The summed E-state index contributed by atoms with van der Waals surface area (Å²) in [5, 5.41) is 3.42. The van der Waals surface area contributed by atoms with Crippen LogP contribution in [0, 0.1) is 5.92 Å². The van der Waals surface area contributed by atoms with E-state index in [0.717, 1.165) is 12.3 Å². The summed E-state index contributed by atoms with van der Waals surface area (Å²) in [7, 11) is 2.05. The van der Waals surface area contributed by atoms with Crippen molar-refractivity contribution in [2.45, 2.75) is 39.2 Å². The molecule has 0 aliphatic heterocycles. The summed E-state index contributed by atoms with van der Waals surface area (Å²) in [6, 6.07) is 4.73. The third-order valence-corrected chi connectivity index (χ3v) is 3.17. The smallest absolute Gasteiger partial charge is 0.0300 e. The SMILES string of the molecule is CCC(CC)C(Cc1cccnc1)NC. The van der Waals surface area contributed by atoms with Crippen molar-refractivity contribution >= 4 is 0 Å². The second kappa shape index (κ2) is 6.57. The van der Waals surface area contributed by atoms with Gasteiger partial charge in [0.1, 0.15) is 0 Å². The van der Waals surface area contributed by atoms with Crippen LogP contribution in [-0.4, -0.2) is 18.1 Å². The molecule has 1 unspecified atom stereocenters. The molecule has 2 nitrogen and oxygen atoms in total. The van der Waals surface area contributed by atoms with Gasteiger partial charge in [0, 0.05) is 18.4 Å². The lowest BCUT2D eigenvalue weighted by Gasteiger charge is -2.24. The molecule has 2 heteroatoms. The van der Waals surface area contributed by atoms with Gasteiger partial charge in [0.15, 0.2) is 0 Å². The van der Waals surface area contributed by atoms with Crippen LogP contribution in [0.3, 0.4) is 0 Å². The Morgan fingerprint density at radius 1 is 1.33 bits per heavy atom. The average Bonchev–Trinajstić information content (AvgIpc) is 2.30. The van der Waals surface area contributed by atoms with Crippen molar-refractivity contribution in [2.75, 3.05) is 7.05 Å². The molecule has 0 fully saturated rings. The largest absolute Gasteiger partial charge is 0.316 e. The van der Waals surface area contributed by atoms with Crippen molar-refractivity contribution in [3.05, 3.63) is 30.1 Å². The molecule has 1 aromatic rings. The summed E-state index contributed by atoms with van der Waals surface area (Å²) in [5.74, 6) is 0.759. The Hall–Kier alpha value is -0.890. The van der Waals surface area contributed by atoms with Crippen LogP contribution in [-0.2, 0) is 6.42 Å². The predicted octanol–water partition coefficient (Wildman–Crippen LogP) is 2.65. The molecule has 1 N–H and O–H groups in total. The van der Waals surface area contributed by atoms with Crippen molar-refractivity contribution in [3.63, 3.8) is 0 Å². The van der Waals surface area contributed by atoms with Crippen LogP contribution in [0.1, 0.15) is 32.3 Å². The van der Waals surface area contributed by atoms with Gasteiger partial charge in [-0.25, -0.2) is 0 Å². The molecular formula is C13H22N2. The highest BCUT2D eigenvalue weighted by Gasteiger charge is 2.16. The number of hydrogen-bond donors (Lipinski definition) is 1. The Labute approximate surface area is 93.1 Å². The first-order chi connectivity index (χ1) is 7.31. The van der Waals surface area contributed by atoms with Gasteiger partial charge in [-0.15, -0.1) is 0 Å². The van der Waals surface area contributed by atoms with E-state index in [0.29, 0.717) is 6.04 Å². The first-order valence-electron chi connectivity index (χ1n) is 5.87. The minimum absolute atomic E-state index is 0.573. The van der Waals surface area contributed by atoms with Gasteiger partial charge in [-0.05, 0) is 31.0 Å². The highest BCUT2D eigenvalue weighted by atomic mass is 14.9. The molecule has 0 bridgehead atoms. The van der Waals surface area contributed by atoms with Crippen LogP contribution in [0.25, 0.3) is 0 Å². The lowest BCUT2D eigenvalue weighted by molar-refractivity contribution is 0.349. The fourth-order valence-electron chi connectivity index (χ4n) is 2.13. The number of hydrogen-bond acceptors (Lipinski definition) is 2. The van der Waals surface area contributed by atoms with Gasteiger partial charge >= 0.3 is 0 Å². The topological polar surface area (TPSA) is 24.9 Å². The Bertz CT molecular complexity index is 254. The summed E-state index contributed by atoms with van der Waals surface area (Å²) in [4.78, 5) is 4.16. The van der Waals surface area contributed by atoms with E-state index in [9.17, 15) is 0 Å². The molecule has 0 aliphatic carbocycles. The van der Waals surface area contributed by atoms with Gasteiger partial charge < -0.3 is 5.32 Å². The third kappa shape index (κ3) is 3.63.